The molecule has 6 heteroatoms. The van der Waals surface area contributed by atoms with Gasteiger partial charge in [0.2, 0.25) is 0 Å². The van der Waals surface area contributed by atoms with Gasteiger partial charge in [0.25, 0.3) is 0 Å². The Balaban J connectivity index is 1.58. The first kappa shape index (κ1) is 15.4. The number of anilines is 1. The quantitative estimate of drug-likeness (QED) is 0.734. The van der Waals surface area contributed by atoms with Gasteiger partial charge in [-0.3, -0.25) is 4.68 Å². The van der Waals surface area contributed by atoms with Crippen molar-refractivity contribution < 1.29 is 4.74 Å². The largest absolute Gasteiger partial charge is 0.367 e. The molecule has 1 aliphatic rings. The summed E-state index contributed by atoms with van der Waals surface area (Å²) >= 11 is 1.69. The maximum Gasteiger partial charge on any atom is 0.186 e. The zero-order chi connectivity index (χ0) is 16.6. The minimum Gasteiger partial charge on any atom is -0.367 e. The standard InChI is InChI=1S/C18H20N4OS/c1-18(15-10-19-21(2)11-15)13-22(8-9-23-18)17-20-16(12-24-17)14-6-4-3-5-7-14/h3-7,10-12H,8-9,13H2,1-2H3/t18-/m1/s1. The molecule has 0 bridgehead atoms. The predicted molar refractivity (Wildman–Crippen MR) is 96.3 cm³/mol. The summed E-state index contributed by atoms with van der Waals surface area (Å²) in [6.07, 6.45) is 3.92. The second kappa shape index (κ2) is 6.03. The fraction of sp³-hybridized carbons (Fsp3) is 0.333. The monoisotopic (exact) mass is 340 g/mol. The third-order valence-electron chi connectivity index (χ3n) is 4.42. The fourth-order valence-corrected chi connectivity index (χ4v) is 3.92. The van der Waals surface area contributed by atoms with Crippen LogP contribution >= 0.6 is 11.3 Å². The van der Waals surface area contributed by atoms with E-state index in [4.69, 9.17) is 9.72 Å². The molecule has 0 radical (unpaired) electrons. The number of rotatable bonds is 3. The lowest BCUT2D eigenvalue weighted by molar-refractivity contribution is -0.0466. The Morgan fingerprint density at radius 2 is 2.08 bits per heavy atom. The Kier molecular flexibility index (Phi) is 3.86. The Labute approximate surface area is 145 Å². The van der Waals surface area contributed by atoms with Crippen LogP contribution in [-0.2, 0) is 17.4 Å². The second-order valence-corrected chi connectivity index (χ2v) is 7.12. The molecular weight excluding hydrogens is 320 g/mol. The maximum absolute atomic E-state index is 6.09. The first-order valence-corrected chi connectivity index (χ1v) is 8.91. The summed E-state index contributed by atoms with van der Waals surface area (Å²) in [6.45, 7) is 4.45. The highest BCUT2D eigenvalue weighted by Gasteiger charge is 2.36. The predicted octanol–water partition coefficient (Wildman–Crippen LogP) is 3.30. The van der Waals surface area contributed by atoms with Crippen molar-refractivity contribution >= 4 is 16.5 Å². The number of benzene rings is 1. The van der Waals surface area contributed by atoms with Crippen LogP contribution in [0.5, 0.6) is 0 Å². The minimum atomic E-state index is -0.356. The van der Waals surface area contributed by atoms with Gasteiger partial charge in [-0.05, 0) is 6.92 Å². The molecule has 1 saturated heterocycles. The van der Waals surface area contributed by atoms with Crippen LogP contribution in [0, 0.1) is 0 Å². The first-order valence-electron chi connectivity index (χ1n) is 8.03. The van der Waals surface area contributed by atoms with Crippen LogP contribution < -0.4 is 4.90 Å². The summed E-state index contributed by atoms with van der Waals surface area (Å²) in [7, 11) is 1.93. The van der Waals surface area contributed by atoms with E-state index in [1.54, 1.807) is 11.3 Å². The summed E-state index contributed by atoms with van der Waals surface area (Å²) in [6, 6.07) is 10.3. The van der Waals surface area contributed by atoms with E-state index in [0.717, 1.165) is 35.0 Å². The van der Waals surface area contributed by atoms with Crippen LogP contribution in [0.4, 0.5) is 5.13 Å². The van der Waals surface area contributed by atoms with Crippen LogP contribution in [0.1, 0.15) is 12.5 Å². The molecule has 0 saturated carbocycles. The Morgan fingerprint density at radius 1 is 1.25 bits per heavy atom. The van der Waals surface area contributed by atoms with Gasteiger partial charge in [0, 0.05) is 36.3 Å². The molecular formula is C18H20N4OS. The Morgan fingerprint density at radius 3 is 2.83 bits per heavy atom. The van der Waals surface area contributed by atoms with Gasteiger partial charge < -0.3 is 9.64 Å². The van der Waals surface area contributed by atoms with Crippen molar-refractivity contribution in [2.24, 2.45) is 7.05 Å². The zero-order valence-corrected chi connectivity index (χ0v) is 14.7. The lowest BCUT2D eigenvalue weighted by atomic mass is 9.97. The summed E-state index contributed by atoms with van der Waals surface area (Å²) in [4.78, 5) is 7.15. The number of morpholine rings is 1. The van der Waals surface area contributed by atoms with Crippen molar-refractivity contribution in [1.82, 2.24) is 14.8 Å². The molecule has 124 valence electrons. The van der Waals surface area contributed by atoms with Gasteiger partial charge in [-0.2, -0.15) is 5.10 Å². The van der Waals surface area contributed by atoms with Gasteiger partial charge in [-0.1, -0.05) is 30.3 Å². The van der Waals surface area contributed by atoms with E-state index in [9.17, 15) is 0 Å². The van der Waals surface area contributed by atoms with E-state index in [1.165, 1.54) is 0 Å². The molecule has 1 aliphatic heterocycles. The normalized spacial score (nSPS) is 21.2. The number of hydrogen-bond donors (Lipinski definition) is 0. The number of hydrogen-bond acceptors (Lipinski definition) is 5. The van der Waals surface area contributed by atoms with Crippen LogP contribution in [0.25, 0.3) is 11.3 Å². The van der Waals surface area contributed by atoms with E-state index < -0.39 is 0 Å². The molecule has 2 aromatic heterocycles. The number of aryl methyl sites for hydroxylation is 1. The van der Waals surface area contributed by atoms with E-state index >= 15 is 0 Å². The van der Waals surface area contributed by atoms with Crippen molar-refractivity contribution in [1.29, 1.82) is 0 Å². The lowest BCUT2D eigenvalue weighted by Gasteiger charge is -2.40. The Hall–Kier alpha value is -2.18. The smallest absolute Gasteiger partial charge is 0.186 e. The summed E-state index contributed by atoms with van der Waals surface area (Å²) in [5.41, 5.74) is 2.94. The summed E-state index contributed by atoms with van der Waals surface area (Å²) in [5.74, 6) is 0. The molecule has 0 unspecified atom stereocenters. The highest BCUT2D eigenvalue weighted by molar-refractivity contribution is 7.14. The van der Waals surface area contributed by atoms with Gasteiger partial charge in [0.05, 0.1) is 25.0 Å². The van der Waals surface area contributed by atoms with E-state index in [0.29, 0.717) is 6.61 Å². The first-order chi connectivity index (χ1) is 11.6. The highest BCUT2D eigenvalue weighted by Crippen LogP contribution is 2.34. The van der Waals surface area contributed by atoms with Crippen LogP contribution in [-0.4, -0.2) is 34.5 Å². The van der Waals surface area contributed by atoms with Crippen molar-refractivity contribution in [3.05, 3.63) is 53.7 Å². The average Bonchev–Trinajstić information content (AvgIpc) is 3.25. The van der Waals surface area contributed by atoms with Gasteiger partial charge >= 0.3 is 0 Å². The fourth-order valence-electron chi connectivity index (χ4n) is 3.05. The maximum atomic E-state index is 6.09. The molecule has 24 heavy (non-hydrogen) atoms. The highest BCUT2D eigenvalue weighted by atomic mass is 32.1. The molecule has 3 aromatic rings. The number of ether oxygens (including phenoxy) is 1. The summed E-state index contributed by atoms with van der Waals surface area (Å²) in [5, 5.41) is 7.46. The zero-order valence-electron chi connectivity index (χ0n) is 13.8. The minimum absolute atomic E-state index is 0.356. The lowest BCUT2D eigenvalue weighted by Crippen LogP contribution is -2.48. The van der Waals surface area contributed by atoms with E-state index in [-0.39, 0.29) is 5.60 Å². The number of nitrogens with zero attached hydrogens (tertiary/aromatic N) is 4. The van der Waals surface area contributed by atoms with Crippen LogP contribution in [0.3, 0.4) is 0 Å². The number of aromatic nitrogens is 3. The van der Waals surface area contributed by atoms with Crippen molar-refractivity contribution in [2.45, 2.75) is 12.5 Å². The number of thiazole rings is 1. The summed E-state index contributed by atoms with van der Waals surface area (Å²) < 4.78 is 7.91. The molecule has 1 atom stereocenters. The van der Waals surface area contributed by atoms with Crippen molar-refractivity contribution in [3.8, 4) is 11.3 Å². The van der Waals surface area contributed by atoms with E-state index in [2.05, 4.69) is 34.4 Å². The Bertz CT molecular complexity index is 828. The SMILES string of the molecule is Cn1cc([C@@]2(C)CN(c3nc(-c4ccccc4)cs3)CCO2)cn1. The molecule has 0 aliphatic carbocycles. The van der Waals surface area contributed by atoms with Crippen molar-refractivity contribution in [3.63, 3.8) is 0 Å². The average molecular weight is 340 g/mol. The van der Waals surface area contributed by atoms with E-state index in [1.807, 2.05) is 42.3 Å². The molecule has 4 rings (SSSR count). The third-order valence-corrected chi connectivity index (χ3v) is 5.32. The third kappa shape index (κ3) is 2.83. The van der Waals surface area contributed by atoms with Crippen LogP contribution in [0.2, 0.25) is 0 Å². The molecule has 0 N–H and O–H groups in total. The molecule has 1 aromatic carbocycles. The molecule has 5 nitrogen and oxygen atoms in total. The topological polar surface area (TPSA) is 43.2 Å². The molecule has 3 heterocycles. The van der Waals surface area contributed by atoms with Gasteiger partial charge in [-0.15, -0.1) is 11.3 Å². The van der Waals surface area contributed by atoms with Gasteiger partial charge in [0.1, 0.15) is 5.60 Å². The van der Waals surface area contributed by atoms with Gasteiger partial charge in [-0.25, -0.2) is 4.98 Å². The molecule has 0 spiro atoms. The molecule has 1 fully saturated rings. The molecule has 0 amide bonds. The van der Waals surface area contributed by atoms with Crippen LogP contribution in [0.15, 0.2) is 48.1 Å². The van der Waals surface area contributed by atoms with Gasteiger partial charge in [0.15, 0.2) is 5.13 Å². The second-order valence-electron chi connectivity index (χ2n) is 6.28. The van der Waals surface area contributed by atoms with Crippen molar-refractivity contribution in [2.75, 3.05) is 24.6 Å².